The molecule has 33 heavy (non-hydrogen) atoms. The van der Waals surface area contributed by atoms with E-state index in [1.807, 2.05) is 43.1 Å². The molecule has 8 heteroatoms. The van der Waals surface area contributed by atoms with Crippen LogP contribution in [0.4, 0.5) is 5.82 Å². The average Bonchev–Trinajstić information content (AvgIpc) is 2.80. The number of pyridine rings is 1. The topological polar surface area (TPSA) is 71.5 Å². The molecule has 0 saturated heterocycles. The molecule has 2 aromatic carbocycles. The van der Waals surface area contributed by atoms with Crippen LogP contribution in [0.5, 0.6) is 0 Å². The molecule has 1 amide bonds. The lowest BCUT2D eigenvalue weighted by Crippen LogP contribution is -2.29. The standard InChI is InChI=1S/C25H25Cl2N3O3/c1-4-33-25(32)18-11-9-17(10-12-18)16(2)29-24(31)21-13-20(26)14-28-23(21)30(3)15-19-7-5-6-8-22(19)27/h5-14,16H,4,15H2,1-3H3,(H,29,31)/t16-/m0/s1. The van der Waals surface area contributed by atoms with Crippen molar-refractivity contribution in [3.8, 4) is 0 Å². The van der Waals surface area contributed by atoms with Crippen molar-refractivity contribution >= 4 is 40.9 Å². The van der Waals surface area contributed by atoms with Crippen LogP contribution in [0, 0.1) is 0 Å². The fraction of sp³-hybridized carbons (Fsp3) is 0.240. The number of halogens is 2. The van der Waals surface area contributed by atoms with E-state index in [-0.39, 0.29) is 17.9 Å². The molecule has 0 aliphatic carbocycles. The Hall–Kier alpha value is -3.09. The van der Waals surface area contributed by atoms with Gasteiger partial charge in [0.2, 0.25) is 0 Å². The summed E-state index contributed by atoms with van der Waals surface area (Å²) >= 11 is 12.4. The smallest absolute Gasteiger partial charge is 0.338 e. The molecular formula is C25H25Cl2N3O3. The van der Waals surface area contributed by atoms with Crippen molar-refractivity contribution in [1.82, 2.24) is 10.3 Å². The van der Waals surface area contributed by atoms with Crippen LogP contribution in [-0.2, 0) is 11.3 Å². The summed E-state index contributed by atoms with van der Waals surface area (Å²) in [6.45, 7) is 4.41. The van der Waals surface area contributed by atoms with Crippen LogP contribution in [0.3, 0.4) is 0 Å². The number of nitrogens with zero attached hydrogens (tertiary/aromatic N) is 2. The van der Waals surface area contributed by atoms with Gasteiger partial charge in [-0.05, 0) is 49.2 Å². The van der Waals surface area contributed by atoms with Crippen molar-refractivity contribution in [1.29, 1.82) is 0 Å². The van der Waals surface area contributed by atoms with Crippen LogP contribution in [0.2, 0.25) is 10.0 Å². The van der Waals surface area contributed by atoms with Gasteiger partial charge < -0.3 is 15.0 Å². The molecule has 172 valence electrons. The number of amides is 1. The first kappa shape index (κ1) is 24.6. The molecule has 1 atom stereocenters. The molecule has 0 aliphatic heterocycles. The number of rotatable bonds is 8. The van der Waals surface area contributed by atoms with Crippen molar-refractivity contribution in [3.05, 3.63) is 93.1 Å². The molecule has 0 spiro atoms. The number of ether oxygens (including phenoxy) is 1. The van der Waals surface area contributed by atoms with E-state index in [9.17, 15) is 9.59 Å². The molecule has 0 saturated carbocycles. The van der Waals surface area contributed by atoms with Crippen LogP contribution in [0.15, 0.2) is 60.8 Å². The van der Waals surface area contributed by atoms with Crippen molar-refractivity contribution in [3.63, 3.8) is 0 Å². The Bertz CT molecular complexity index is 1140. The quantitative estimate of drug-likeness (QED) is 0.414. The second-order valence-corrected chi connectivity index (χ2v) is 8.35. The van der Waals surface area contributed by atoms with Gasteiger partial charge in [0.1, 0.15) is 5.82 Å². The van der Waals surface area contributed by atoms with Crippen LogP contribution < -0.4 is 10.2 Å². The Morgan fingerprint density at radius 1 is 1.12 bits per heavy atom. The number of hydrogen-bond acceptors (Lipinski definition) is 5. The maximum atomic E-state index is 13.1. The van der Waals surface area contributed by atoms with Gasteiger partial charge in [0.05, 0.1) is 28.8 Å². The minimum Gasteiger partial charge on any atom is -0.462 e. The van der Waals surface area contributed by atoms with Gasteiger partial charge in [-0.15, -0.1) is 0 Å². The van der Waals surface area contributed by atoms with Gasteiger partial charge in [0.25, 0.3) is 5.91 Å². The summed E-state index contributed by atoms with van der Waals surface area (Å²) in [6, 6.07) is 15.8. The molecular weight excluding hydrogens is 461 g/mol. The maximum absolute atomic E-state index is 13.1. The molecule has 1 heterocycles. The number of carbonyl (C=O) groups excluding carboxylic acids is 2. The van der Waals surface area contributed by atoms with Crippen LogP contribution in [0.25, 0.3) is 0 Å². The molecule has 3 aromatic rings. The zero-order valence-corrected chi connectivity index (χ0v) is 20.2. The largest absolute Gasteiger partial charge is 0.462 e. The van der Waals surface area contributed by atoms with E-state index in [1.54, 1.807) is 37.3 Å². The molecule has 0 unspecified atom stereocenters. The molecule has 3 rings (SSSR count). The van der Waals surface area contributed by atoms with E-state index in [0.717, 1.165) is 11.1 Å². The summed E-state index contributed by atoms with van der Waals surface area (Å²) in [5, 5.41) is 3.98. The molecule has 1 aromatic heterocycles. The van der Waals surface area contributed by atoms with Gasteiger partial charge in [-0.25, -0.2) is 9.78 Å². The lowest BCUT2D eigenvalue weighted by Gasteiger charge is -2.23. The van der Waals surface area contributed by atoms with Gasteiger partial charge in [0.15, 0.2) is 0 Å². The highest BCUT2D eigenvalue weighted by Gasteiger charge is 2.20. The van der Waals surface area contributed by atoms with Crippen molar-refractivity contribution in [2.45, 2.75) is 26.4 Å². The maximum Gasteiger partial charge on any atom is 0.338 e. The predicted molar refractivity (Wildman–Crippen MR) is 131 cm³/mol. The zero-order valence-electron chi connectivity index (χ0n) is 18.6. The van der Waals surface area contributed by atoms with Crippen molar-refractivity contribution in [2.75, 3.05) is 18.6 Å². The van der Waals surface area contributed by atoms with Gasteiger partial charge in [-0.1, -0.05) is 53.5 Å². The second kappa shape index (κ2) is 11.2. The Morgan fingerprint density at radius 2 is 1.82 bits per heavy atom. The second-order valence-electron chi connectivity index (χ2n) is 7.51. The fourth-order valence-corrected chi connectivity index (χ4v) is 3.69. The Morgan fingerprint density at radius 3 is 2.48 bits per heavy atom. The van der Waals surface area contributed by atoms with Crippen molar-refractivity contribution in [2.24, 2.45) is 0 Å². The van der Waals surface area contributed by atoms with E-state index in [4.69, 9.17) is 27.9 Å². The third kappa shape index (κ3) is 6.24. The van der Waals surface area contributed by atoms with Crippen LogP contribution in [-0.4, -0.2) is 30.5 Å². The summed E-state index contributed by atoms with van der Waals surface area (Å²) < 4.78 is 5.01. The predicted octanol–water partition coefficient (Wildman–Crippen LogP) is 5.69. The van der Waals surface area contributed by atoms with E-state index in [0.29, 0.717) is 40.1 Å². The SMILES string of the molecule is CCOC(=O)c1ccc([C@H](C)NC(=O)c2cc(Cl)cnc2N(C)Cc2ccccc2Cl)cc1. The minimum absolute atomic E-state index is 0.311. The van der Waals surface area contributed by atoms with E-state index >= 15 is 0 Å². The number of carbonyl (C=O) groups is 2. The number of benzene rings is 2. The first-order chi connectivity index (χ1) is 15.8. The Balaban J connectivity index is 1.77. The summed E-state index contributed by atoms with van der Waals surface area (Å²) in [6.07, 6.45) is 1.51. The lowest BCUT2D eigenvalue weighted by molar-refractivity contribution is 0.0526. The van der Waals surface area contributed by atoms with Gasteiger partial charge in [-0.3, -0.25) is 4.79 Å². The van der Waals surface area contributed by atoms with E-state index < -0.39 is 0 Å². The number of anilines is 1. The third-order valence-corrected chi connectivity index (χ3v) is 5.65. The summed E-state index contributed by atoms with van der Waals surface area (Å²) in [4.78, 5) is 31.2. The number of nitrogens with one attached hydrogen (secondary N) is 1. The summed E-state index contributed by atoms with van der Waals surface area (Å²) in [5.41, 5.74) is 2.57. The number of aromatic nitrogens is 1. The van der Waals surface area contributed by atoms with Gasteiger partial charge >= 0.3 is 5.97 Å². The normalized spacial score (nSPS) is 11.5. The lowest BCUT2D eigenvalue weighted by atomic mass is 10.1. The molecule has 0 bridgehead atoms. The van der Waals surface area contributed by atoms with Crippen LogP contribution in [0.1, 0.15) is 51.7 Å². The average molecular weight is 486 g/mol. The monoisotopic (exact) mass is 485 g/mol. The minimum atomic E-state index is -0.378. The molecule has 6 nitrogen and oxygen atoms in total. The Labute approximate surface area is 203 Å². The summed E-state index contributed by atoms with van der Waals surface area (Å²) in [7, 11) is 1.84. The fourth-order valence-electron chi connectivity index (χ4n) is 3.34. The van der Waals surface area contributed by atoms with Crippen LogP contribution >= 0.6 is 23.2 Å². The first-order valence-electron chi connectivity index (χ1n) is 10.5. The Kier molecular flexibility index (Phi) is 8.31. The van der Waals surface area contributed by atoms with E-state index in [1.165, 1.54) is 6.20 Å². The zero-order chi connectivity index (χ0) is 24.0. The molecule has 0 fully saturated rings. The van der Waals surface area contributed by atoms with Gasteiger partial charge in [0, 0.05) is 24.8 Å². The molecule has 0 aliphatic rings. The third-order valence-electron chi connectivity index (χ3n) is 5.07. The van der Waals surface area contributed by atoms with Gasteiger partial charge in [-0.2, -0.15) is 0 Å². The number of esters is 1. The summed E-state index contributed by atoms with van der Waals surface area (Å²) in [5.74, 6) is -0.202. The molecule has 1 N–H and O–H groups in total. The van der Waals surface area contributed by atoms with E-state index in [2.05, 4.69) is 10.3 Å². The highest BCUT2D eigenvalue weighted by Crippen LogP contribution is 2.25. The van der Waals surface area contributed by atoms with Crippen molar-refractivity contribution < 1.29 is 14.3 Å². The molecule has 0 radical (unpaired) electrons. The number of hydrogen-bond donors (Lipinski definition) is 1. The highest BCUT2D eigenvalue weighted by molar-refractivity contribution is 6.31. The highest BCUT2D eigenvalue weighted by atomic mass is 35.5. The first-order valence-corrected chi connectivity index (χ1v) is 11.2.